The van der Waals surface area contributed by atoms with Crippen molar-refractivity contribution in [2.75, 3.05) is 6.54 Å². The van der Waals surface area contributed by atoms with E-state index in [1.807, 2.05) is 18.2 Å². The first kappa shape index (κ1) is 15.6. The summed E-state index contributed by atoms with van der Waals surface area (Å²) in [5.41, 5.74) is 7.12. The predicted molar refractivity (Wildman–Crippen MR) is 86.0 cm³/mol. The van der Waals surface area contributed by atoms with E-state index in [2.05, 4.69) is 20.8 Å². The van der Waals surface area contributed by atoms with Gasteiger partial charge in [0.25, 0.3) is 5.91 Å². The monoisotopic (exact) mass is 314 g/mol. The van der Waals surface area contributed by atoms with Gasteiger partial charge < -0.3 is 11.1 Å². The van der Waals surface area contributed by atoms with Crippen molar-refractivity contribution in [2.24, 2.45) is 11.7 Å². The fraction of sp³-hybridized carbons (Fsp3) is 0.500. The third-order valence-corrected chi connectivity index (χ3v) is 4.53. The lowest BCUT2D eigenvalue weighted by Gasteiger charge is -2.30. The van der Waals surface area contributed by atoms with Crippen molar-refractivity contribution in [1.29, 1.82) is 0 Å². The summed E-state index contributed by atoms with van der Waals surface area (Å²) in [6, 6.07) is 7.31. The molecule has 1 aromatic heterocycles. The molecular weight excluding hydrogens is 292 g/mol. The largest absolute Gasteiger partial charge is 0.348 e. The molecule has 1 unspecified atom stereocenters. The molecule has 0 saturated heterocycles. The Kier molecular flexibility index (Phi) is 4.97. The van der Waals surface area contributed by atoms with Gasteiger partial charge in [0.1, 0.15) is 6.33 Å². The normalized spacial score (nSPS) is 16.9. The zero-order valence-corrected chi connectivity index (χ0v) is 13.1. The molecule has 1 fully saturated rings. The number of tetrazole rings is 1. The van der Waals surface area contributed by atoms with Gasteiger partial charge in [0, 0.05) is 12.6 Å². The molecule has 1 heterocycles. The highest BCUT2D eigenvalue weighted by Crippen LogP contribution is 2.26. The molecule has 7 heteroatoms. The van der Waals surface area contributed by atoms with E-state index in [1.54, 1.807) is 6.07 Å². The molecule has 122 valence electrons. The maximum atomic E-state index is 12.7. The van der Waals surface area contributed by atoms with Gasteiger partial charge in [-0.05, 0) is 41.3 Å². The minimum atomic E-state index is -0.128. The van der Waals surface area contributed by atoms with Gasteiger partial charge in [-0.25, -0.2) is 0 Å². The number of hydrogen-bond acceptors (Lipinski definition) is 5. The fourth-order valence-corrected chi connectivity index (χ4v) is 3.29. The van der Waals surface area contributed by atoms with E-state index in [-0.39, 0.29) is 11.9 Å². The molecule has 1 saturated carbocycles. The number of nitrogens with two attached hydrogens (primary N) is 1. The Morgan fingerprint density at radius 2 is 2.09 bits per heavy atom. The lowest BCUT2D eigenvalue weighted by Crippen LogP contribution is -2.46. The molecule has 3 rings (SSSR count). The van der Waals surface area contributed by atoms with Gasteiger partial charge in [-0.3, -0.25) is 4.79 Å². The molecular formula is C16H22N6O. The Morgan fingerprint density at radius 1 is 1.30 bits per heavy atom. The van der Waals surface area contributed by atoms with Crippen LogP contribution in [0.5, 0.6) is 0 Å². The first-order valence-electron chi connectivity index (χ1n) is 8.13. The maximum Gasteiger partial charge on any atom is 0.253 e. The number of carbonyl (C=O) groups is 1. The lowest BCUT2D eigenvalue weighted by atomic mass is 9.84. The van der Waals surface area contributed by atoms with Crippen LogP contribution in [0.1, 0.15) is 42.5 Å². The third-order valence-electron chi connectivity index (χ3n) is 4.53. The van der Waals surface area contributed by atoms with Crippen molar-refractivity contribution < 1.29 is 4.79 Å². The van der Waals surface area contributed by atoms with Crippen LogP contribution in [-0.2, 0) is 0 Å². The van der Waals surface area contributed by atoms with E-state index in [1.165, 1.54) is 30.3 Å². The second-order valence-electron chi connectivity index (χ2n) is 5.99. The van der Waals surface area contributed by atoms with Crippen molar-refractivity contribution in [1.82, 2.24) is 25.5 Å². The highest BCUT2D eigenvalue weighted by molar-refractivity contribution is 5.97. The molecule has 0 aliphatic heterocycles. The van der Waals surface area contributed by atoms with Crippen molar-refractivity contribution in [3.63, 3.8) is 0 Å². The number of amides is 1. The van der Waals surface area contributed by atoms with Crippen molar-refractivity contribution in [2.45, 2.75) is 38.1 Å². The van der Waals surface area contributed by atoms with Gasteiger partial charge in [0.2, 0.25) is 0 Å². The Hall–Kier alpha value is -2.28. The van der Waals surface area contributed by atoms with Gasteiger partial charge in [-0.1, -0.05) is 31.4 Å². The number of hydrogen-bond donors (Lipinski definition) is 2. The van der Waals surface area contributed by atoms with Crippen molar-refractivity contribution >= 4 is 5.91 Å². The minimum absolute atomic E-state index is 0.0183. The summed E-state index contributed by atoms with van der Waals surface area (Å²) in [6.07, 6.45) is 7.47. The van der Waals surface area contributed by atoms with Gasteiger partial charge in [-0.2, -0.15) is 4.68 Å². The number of carbonyl (C=O) groups excluding carboxylic acids is 1. The molecule has 0 radical (unpaired) electrons. The molecule has 3 N–H and O–H groups in total. The Morgan fingerprint density at radius 3 is 2.78 bits per heavy atom. The smallest absolute Gasteiger partial charge is 0.253 e. The average molecular weight is 314 g/mol. The van der Waals surface area contributed by atoms with Crippen molar-refractivity contribution in [3.8, 4) is 5.69 Å². The van der Waals surface area contributed by atoms with E-state index in [0.29, 0.717) is 23.7 Å². The summed E-state index contributed by atoms with van der Waals surface area (Å²) in [5, 5.41) is 14.2. The zero-order chi connectivity index (χ0) is 16.1. The summed E-state index contributed by atoms with van der Waals surface area (Å²) in [5.74, 6) is 0.343. The second kappa shape index (κ2) is 7.32. The van der Waals surface area contributed by atoms with Gasteiger partial charge >= 0.3 is 0 Å². The van der Waals surface area contributed by atoms with Crippen LogP contribution in [0.4, 0.5) is 0 Å². The highest BCUT2D eigenvalue weighted by atomic mass is 16.1. The SMILES string of the molecule is NCC(NC(=O)c1ccccc1-n1cnnn1)C1CCCCC1. The Balaban J connectivity index is 1.77. The molecule has 1 aliphatic rings. The number of aromatic nitrogens is 4. The maximum absolute atomic E-state index is 12.7. The summed E-state index contributed by atoms with van der Waals surface area (Å²) >= 11 is 0. The highest BCUT2D eigenvalue weighted by Gasteiger charge is 2.25. The van der Waals surface area contributed by atoms with Gasteiger partial charge in [0.15, 0.2) is 0 Å². The first-order chi connectivity index (χ1) is 11.3. The van der Waals surface area contributed by atoms with Crippen molar-refractivity contribution in [3.05, 3.63) is 36.2 Å². The topological polar surface area (TPSA) is 98.7 Å². The summed E-state index contributed by atoms with van der Waals surface area (Å²) in [6.45, 7) is 0.462. The first-order valence-corrected chi connectivity index (χ1v) is 8.13. The van der Waals surface area contributed by atoms with E-state index in [9.17, 15) is 4.79 Å². The van der Waals surface area contributed by atoms with E-state index in [0.717, 1.165) is 12.8 Å². The van der Waals surface area contributed by atoms with Crippen LogP contribution >= 0.6 is 0 Å². The van der Waals surface area contributed by atoms with Crippen LogP contribution < -0.4 is 11.1 Å². The molecule has 2 aromatic rings. The van der Waals surface area contributed by atoms with Crippen LogP contribution in [0, 0.1) is 5.92 Å². The number of nitrogens with one attached hydrogen (secondary N) is 1. The second-order valence-corrected chi connectivity index (χ2v) is 5.99. The van der Waals surface area contributed by atoms with Crippen LogP contribution in [0.25, 0.3) is 5.69 Å². The molecule has 0 spiro atoms. The molecule has 0 bridgehead atoms. The predicted octanol–water partition coefficient (Wildman–Crippen LogP) is 1.30. The number of para-hydroxylation sites is 1. The third kappa shape index (κ3) is 3.56. The summed E-state index contributed by atoms with van der Waals surface area (Å²) in [7, 11) is 0. The number of rotatable bonds is 5. The van der Waals surface area contributed by atoms with E-state index in [4.69, 9.17) is 5.73 Å². The quantitative estimate of drug-likeness (QED) is 0.866. The van der Waals surface area contributed by atoms with Crippen LogP contribution in [-0.4, -0.2) is 38.7 Å². The van der Waals surface area contributed by atoms with Crippen LogP contribution in [0.15, 0.2) is 30.6 Å². The van der Waals surface area contributed by atoms with E-state index < -0.39 is 0 Å². The molecule has 1 aliphatic carbocycles. The standard InChI is InChI=1S/C16H22N6O/c17-10-14(12-6-2-1-3-7-12)19-16(23)13-8-4-5-9-15(13)22-11-18-20-21-22/h4-5,8-9,11-12,14H,1-3,6-7,10,17H2,(H,19,23). The molecule has 1 atom stereocenters. The number of benzene rings is 1. The fourth-order valence-electron chi connectivity index (χ4n) is 3.29. The minimum Gasteiger partial charge on any atom is -0.348 e. The van der Waals surface area contributed by atoms with Gasteiger partial charge in [0.05, 0.1) is 11.3 Å². The Bertz CT molecular complexity index is 636. The average Bonchev–Trinajstić information content (AvgIpc) is 3.14. The summed E-state index contributed by atoms with van der Waals surface area (Å²) < 4.78 is 1.49. The molecule has 1 amide bonds. The Labute approximate surface area is 135 Å². The zero-order valence-electron chi connectivity index (χ0n) is 13.1. The van der Waals surface area contributed by atoms with Crippen LogP contribution in [0.3, 0.4) is 0 Å². The number of nitrogens with zero attached hydrogens (tertiary/aromatic N) is 4. The molecule has 1 aromatic carbocycles. The summed E-state index contributed by atoms with van der Waals surface area (Å²) in [4.78, 5) is 12.7. The van der Waals surface area contributed by atoms with Crippen LogP contribution in [0.2, 0.25) is 0 Å². The lowest BCUT2D eigenvalue weighted by molar-refractivity contribution is 0.0915. The van der Waals surface area contributed by atoms with Gasteiger partial charge in [-0.15, -0.1) is 5.10 Å². The molecule has 7 nitrogen and oxygen atoms in total. The van der Waals surface area contributed by atoms with E-state index >= 15 is 0 Å². The molecule has 23 heavy (non-hydrogen) atoms.